The lowest BCUT2D eigenvalue weighted by Gasteiger charge is -2.08. The minimum Gasteiger partial charge on any atom is -0.312 e. The average molecular weight is 336 g/mol. The molecule has 0 fully saturated rings. The molecule has 0 aliphatic heterocycles. The van der Waals surface area contributed by atoms with Gasteiger partial charge in [-0.2, -0.15) is 0 Å². The number of rotatable bonds is 5. The summed E-state index contributed by atoms with van der Waals surface area (Å²) in [5, 5.41) is 3.43. The fourth-order valence-electron chi connectivity index (χ4n) is 2.21. The highest BCUT2D eigenvalue weighted by atomic mass is 79.9. The molecule has 0 radical (unpaired) electrons. The minimum atomic E-state index is -0.162. The van der Waals surface area contributed by atoms with Crippen LogP contribution in [0.25, 0.3) is 0 Å². The zero-order chi connectivity index (χ0) is 14.5. The molecule has 0 saturated heterocycles. The van der Waals surface area contributed by atoms with Gasteiger partial charge in [0.25, 0.3) is 0 Å². The van der Waals surface area contributed by atoms with Crippen LogP contribution in [0.15, 0.2) is 40.9 Å². The summed E-state index contributed by atoms with van der Waals surface area (Å²) in [6, 6.07) is 11.4. The largest absolute Gasteiger partial charge is 0.312 e. The lowest BCUT2D eigenvalue weighted by atomic mass is 10.1. The highest BCUT2D eigenvalue weighted by Gasteiger charge is 2.01. The minimum absolute atomic E-state index is 0.162. The van der Waals surface area contributed by atoms with E-state index in [0.29, 0.717) is 0 Å². The van der Waals surface area contributed by atoms with E-state index in [4.69, 9.17) is 0 Å². The number of hydrogen-bond acceptors (Lipinski definition) is 1. The summed E-state index contributed by atoms with van der Waals surface area (Å²) < 4.78 is 14.1. The Balaban J connectivity index is 1.82. The van der Waals surface area contributed by atoms with Crippen LogP contribution in [0.3, 0.4) is 0 Å². The molecule has 0 spiro atoms. The number of hydrogen-bond donors (Lipinski definition) is 1. The van der Waals surface area contributed by atoms with E-state index in [9.17, 15) is 4.39 Å². The molecule has 0 aliphatic carbocycles. The Hall–Kier alpha value is -1.19. The second-order valence-corrected chi connectivity index (χ2v) is 5.94. The zero-order valence-corrected chi connectivity index (χ0v) is 13.4. The topological polar surface area (TPSA) is 12.0 Å². The molecule has 0 unspecified atom stereocenters. The lowest BCUT2D eigenvalue weighted by molar-refractivity contribution is 0.624. The predicted molar refractivity (Wildman–Crippen MR) is 85.4 cm³/mol. The fraction of sp³-hybridized carbons (Fsp3) is 0.294. The maximum absolute atomic E-state index is 13.0. The second kappa shape index (κ2) is 7.00. The van der Waals surface area contributed by atoms with E-state index in [0.717, 1.165) is 29.5 Å². The van der Waals surface area contributed by atoms with Crippen molar-refractivity contribution in [3.63, 3.8) is 0 Å². The standard InChI is InChI=1S/C17H19BrFN/c1-12-10-16(19)5-4-15(12)7-8-20-11-14-3-6-17(18)13(2)9-14/h3-6,9-10,20H,7-8,11H2,1-2H3. The Morgan fingerprint density at radius 1 is 1.05 bits per heavy atom. The fourth-order valence-corrected chi connectivity index (χ4v) is 2.46. The molecule has 0 saturated carbocycles. The van der Waals surface area contributed by atoms with Crippen LogP contribution >= 0.6 is 15.9 Å². The van der Waals surface area contributed by atoms with Crippen molar-refractivity contribution in [2.75, 3.05) is 6.54 Å². The number of aryl methyl sites for hydroxylation is 2. The molecule has 1 N–H and O–H groups in total. The molecule has 2 aromatic rings. The first-order valence-electron chi connectivity index (χ1n) is 6.77. The normalized spacial score (nSPS) is 10.8. The third kappa shape index (κ3) is 4.15. The van der Waals surface area contributed by atoms with Crippen LogP contribution in [0.2, 0.25) is 0 Å². The van der Waals surface area contributed by atoms with Crippen LogP contribution in [-0.4, -0.2) is 6.54 Å². The van der Waals surface area contributed by atoms with Crippen LogP contribution in [0.1, 0.15) is 22.3 Å². The third-order valence-electron chi connectivity index (χ3n) is 3.43. The maximum atomic E-state index is 13.0. The Labute approximate surface area is 128 Å². The van der Waals surface area contributed by atoms with E-state index in [2.05, 4.69) is 46.4 Å². The summed E-state index contributed by atoms with van der Waals surface area (Å²) >= 11 is 3.50. The molecule has 0 aliphatic rings. The third-order valence-corrected chi connectivity index (χ3v) is 4.32. The van der Waals surface area contributed by atoms with E-state index >= 15 is 0 Å². The average Bonchev–Trinajstić information content (AvgIpc) is 2.40. The van der Waals surface area contributed by atoms with Crippen LogP contribution in [0.4, 0.5) is 4.39 Å². The Bertz CT molecular complexity index is 596. The van der Waals surface area contributed by atoms with Gasteiger partial charge in [0.1, 0.15) is 5.82 Å². The van der Waals surface area contributed by atoms with Gasteiger partial charge in [0.05, 0.1) is 0 Å². The van der Waals surface area contributed by atoms with Gasteiger partial charge in [0.2, 0.25) is 0 Å². The molecule has 106 valence electrons. The molecule has 0 bridgehead atoms. The molecule has 1 nitrogen and oxygen atoms in total. The second-order valence-electron chi connectivity index (χ2n) is 5.08. The summed E-state index contributed by atoms with van der Waals surface area (Å²) in [6.07, 6.45) is 0.918. The molecule has 0 heterocycles. The SMILES string of the molecule is Cc1cc(CNCCc2ccc(F)cc2C)ccc1Br. The maximum Gasteiger partial charge on any atom is 0.123 e. The monoisotopic (exact) mass is 335 g/mol. The van der Waals surface area contributed by atoms with Crippen molar-refractivity contribution in [3.8, 4) is 0 Å². The predicted octanol–water partition coefficient (Wildman–Crippen LogP) is 4.54. The van der Waals surface area contributed by atoms with Crippen molar-refractivity contribution in [2.45, 2.75) is 26.8 Å². The summed E-state index contributed by atoms with van der Waals surface area (Å²) in [4.78, 5) is 0. The molecule has 0 amide bonds. The van der Waals surface area contributed by atoms with E-state index in [1.807, 2.05) is 13.0 Å². The quantitative estimate of drug-likeness (QED) is 0.791. The molecular weight excluding hydrogens is 317 g/mol. The van der Waals surface area contributed by atoms with E-state index in [1.165, 1.54) is 22.8 Å². The number of nitrogens with one attached hydrogen (secondary N) is 1. The molecule has 0 aromatic heterocycles. The first-order chi connectivity index (χ1) is 9.56. The van der Waals surface area contributed by atoms with E-state index in [-0.39, 0.29) is 5.82 Å². The molecule has 20 heavy (non-hydrogen) atoms. The summed E-state index contributed by atoms with van der Waals surface area (Å²) in [6.45, 7) is 5.79. The van der Waals surface area contributed by atoms with Gasteiger partial charge in [-0.05, 0) is 67.3 Å². The van der Waals surface area contributed by atoms with E-state index < -0.39 is 0 Å². The van der Waals surface area contributed by atoms with Crippen molar-refractivity contribution in [2.24, 2.45) is 0 Å². The summed E-state index contributed by atoms with van der Waals surface area (Å²) in [5.74, 6) is -0.162. The van der Waals surface area contributed by atoms with Crippen LogP contribution < -0.4 is 5.32 Å². The van der Waals surface area contributed by atoms with Gasteiger partial charge in [-0.25, -0.2) is 4.39 Å². The molecule has 3 heteroatoms. The molecular formula is C17H19BrFN. The van der Waals surface area contributed by atoms with Crippen molar-refractivity contribution in [1.82, 2.24) is 5.32 Å². The van der Waals surface area contributed by atoms with Crippen molar-refractivity contribution < 1.29 is 4.39 Å². The summed E-state index contributed by atoms with van der Waals surface area (Å²) in [7, 11) is 0. The van der Waals surface area contributed by atoms with Gasteiger partial charge in [-0.15, -0.1) is 0 Å². The van der Waals surface area contributed by atoms with Gasteiger partial charge < -0.3 is 5.32 Å². The Morgan fingerprint density at radius 2 is 1.85 bits per heavy atom. The summed E-state index contributed by atoms with van der Waals surface area (Å²) in [5.41, 5.74) is 4.75. The van der Waals surface area contributed by atoms with Crippen molar-refractivity contribution in [3.05, 3.63) is 68.9 Å². The Morgan fingerprint density at radius 3 is 2.55 bits per heavy atom. The molecule has 0 atom stereocenters. The highest BCUT2D eigenvalue weighted by Crippen LogP contribution is 2.17. The molecule has 2 rings (SSSR count). The zero-order valence-electron chi connectivity index (χ0n) is 11.8. The highest BCUT2D eigenvalue weighted by molar-refractivity contribution is 9.10. The Kier molecular flexibility index (Phi) is 5.32. The van der Waals surface area contributed by atoms with Crippen molar-refractivity contribution >= 4 is 15.9 Å². The van der Waals surface area contributed by atoms with E-state index in [1.54, 1.807) is 6.07 Å². The van der Waals surface area contributed by atoms with Crippen molar-refractivity contribution in [1.29, 1.82) is 0 Å². The van der Waals surface area contributed by atoms with Crippen LogP contribution in [-0.2, 0) is 13.0 Å². The van der Waals surface area contributed by atoms with Crippen LogP contribution in [0, 0.1) is 19.7 Å². The number of halogens is 2. The van der Waals surface area contributed by atoms with Gasteiger partial charge in [-0.3, -0.25) is 0 Å². The van der Waals surface area contributed by atoms with Gasteiger partial charge >= 0.3 is 0 Å². The first-order valence-corrected chi connectivity index (χ1v) is 7.56. The lowest BCUT2D eigenvalue weighted by Crippen LogP contribution is -2.17. The van der Waals surface area contributed by atoms with Gasteiger partial charge in [0.15, 0.2) is 0 Å². The first kappa shape index (κ1) is 15.2. The number of benzene rings is 2. The van der Waals surface area contributed by atoms with Crippen LogP contribution in [0.5, 0.6) is 0 Å². The van der Waals surface area contributed by atoms with Gasteiger partial charge in [-0.1, -0.05) is 34.1 Å². The smallest absolute Gasteiger partial charge is 0.123 e. The molecule has 2 aromatic carbocycles. The van der Waals surface area contributed by atoms with Gasteiger partial charge in [0, 0.05) is 11.0 Å².